The van der Waals surface area contributed by atoms with Crippen molar-refractivity contribution in [1.29, 1.82) is 0 Å². The Morgan fingerprint density at radius 1 is 0.169 bits per heavy atom. The lowest BCUT2D eigenvalue weighted by Gasteiger charge is -2.12. The summed E-state index contributed by atoms with van der Waals surface area (Å²) >= 11 is 0. The van der Waals surface area contributed by atoms with Crippen molar-refractivity contribution >= 4 is 15.6 Å². The molecule has 7 aromatic carbocycles. The van der Waals surface area contributed by atoms with Gasteiger partial charge >= 0.3 is 0 Å². The number of hydrogen-bond acceptors (Lipinski definition) is 3. The molecular formula is C43F36O3S. The summed E-state index contributed by atoms with van der Waals surface area (Å²) in [5.74, 6) is -99.5. The zero-order chi connectivity index (χ0) is 64.3. The van der Waals surface area contributed by atoms with Gasteiger partial charge in [-0.15, -0.1) is 0 Å². The van der Waals surface area contributed by atoms with Crippen LogP contribution in [0.5, 0.6) is 0 Å². The fourth-order valence-corrected chi connectivity index (χ4v) is 7.21. The molecule has 0 aliphatic carbocycles. The second-order valence-corrected chi connectivity index (χ2v) is 16.1. The highest BCUT2D eigenvalue weighted by atomic mass is 32.2. The molecule has 0 amide bonds. The van der Waals surface area contributed by atoms with Gasteiger partial charge in [0.2, 0.25) is 85.4 Å². The van der Waals surface area contributed by atoms with Crippen LogP contribution < -0.4 is 0 Å². The van der Waals surface area contributed by atoms with Crippen molar-refractivity contribution < 1.29 is 171 Å². The summed E-state index contributed by atoms with van der Waals surface area (Å²) in [6.07, 6.45) is 0. The fraction of sp³-hybridized carbons (Fsp3) is 0. The second-order valence-electron chi connectivity index (χ2n) is 14.3. The lowest BCUT2D eigenvalue weighted by molar-refractivity contribution is 0.101. The summed E-state index contributed by atoms with van der Waals surface area (Å²) in [5.41, 5.74) is -9.25. The van der Waals surface area contributed by atoms with E-state index >= 15 is 0 Å². The molecule has 0 spiro atoms. The molecule has 7 rings (SSSR count). The Bertz CT molecular complexity index is 3540. The van der Waals surface area contributed by atoms with Gasteiger partial charge in [0.05, 0.1) is 11.1 Å². The summed E-state index contributed by atoms with van der Waals surface area (Å²) in [6.45, 7) is 0. The molecule has 0 radical (unpaired) electrons. The molecule has 0 saturated heterocycles. The van der Waals surface area contributed by atoms with E-state index in [1.807, 2.05) is 0 Å². The first-order chi connectivity index (χ1) is 37.9. The van der Waals surface area contributed by atoms with Crippen LogP contribution in [0.25, 0.3) is 11.1 Å². The third-order valence-corrected chi connectivity index (χ3v) is 11.4. The average molecular weight is 1280 g/mol. The van der Waals surface area contributed by atoms with Crippen molar-refractivity contribution in [1.82, 2.24) is 0 Å². The fourth-order valence-electron chi connectivity index (χ4n) is 5.70. The van der Waals surface area contributed by atoms with Gasteiger partial charge < -0.3 is 0 Å². The third-order valence-electron chi connectivity index (χ3n) is 9.58. The lowest BCUT2D eigenvalue weighted by atomic mass is 9.99. The summed E-state index contributed by atoms with van der Waals surface area (Å²) in [7, 11) is -6.38. The van der Waals surface area contributed by atoms with Crippen LogP contribution in [0.3, 0.4) is 0 Å². The lowest BCUT2D eigenvalue weighted by Crippen LogP contribution is -2.18. The Kier molecular flexibility index (Phi) is 19.6. The van der Waals surface area contributed by atoms with E-state index in [0.29, 0.717) is 0 Å². The molecule has 83 heavy (non-hydrogen) atoms. The van der Waals surface area contributed by atoms with E-state index in [-0.39, 0.29) is 0 Å². The Hall–Kier alpha value is -8.36. The van der Waals surface area contributed by atoms with Crippen molar-refractivity contribution in [3.05, 3.63) is 221 Å². The molecule has 0 heterocycles. The topological polar surface area (TPSA) is 51.2 Å². The van der Waals surface area contributed by atoms with Crippen LogP contribution in [0, 0.1) is 209 Å². The maximum absolute atomic E-state index is 13.5. The van der Waals surface area contributed by atoms with Crippen molar-refractivity contribution in [3.63, 3.8) is 0 Å². The molecule has 0 bridgehead atoms. The summed E-state index contributed by atoms with van der Waals surface area (Å²) in [4.78, 5) is 6.15. The smallest absolute Gasteiger partial charge is 0.218 e. The molecular weight excluding hydrogens is 1280 g/mol. The molecule has 0 N–H and O–H groups in total. The predicted octanol–water partition coefficient (Wildman–Crippen LogP) is 15.5. The highest BCUT2D eigenvalue weighted by Crippen LogP contribution is 2.39. The summed E-state index contributed by atoms with van der Waals surface area (Å²) < 4.78 is 491. The Labute approximate surface area is 428 Å². The van der Waals surface area contributed by atoms with Gasteiger partial charge in [0, 0.05) is 0 Å². The van der Waals surface area contributed by atoms with Crippen molar-refractivity contribution in [2.75, 3.05) is 0 Å². The van der Waals surface area contributed by atoms with E-state index in [4.69, 9.17) is 0 Å². The van der Waals surface area contributed by atoms with E-state index in [2.05, 4.69) is 0 Å². The molecule has 0 aliphatic rings. The second kappa shape index (κ2) is 24.2. The Morgan fingerprint density at radius 2 is 0.277 bits per heavy atom. The first-order valence-corrected chi connectivity index (χ1v) is 20.5. The molecule has 0 unspecified atom stereocenters. The number of carbonyl (C=O) groups is 1. The van der Waals surface area contributed by atoms with Crippen LogP contribution in [-0.4, -0.2) is 14.2 Å². The van der Waals surface area contributed by atoms with Gasteiger partial charge in [0.25, 0.3) is 0 Å². The van der Waals surface area contributed by atoms with Crippen LogP contribution in [0.1, 0.15) is 15.9 Å². The Morgan fingerprint density at radius 3 is 0.422 bits per heavy atom. The summed E-state index contributed by atoms with van der Waals surface area (Å²) in [6, 6.07) is 0. The number of rotatable bonds is 5. The highest BCUT2D eigenvalue weighted by Gasteiger charge is 2.42. The average Bonchev–Trinajstić information content (AvgIpc) is 2.71. The van der Waals surface area contributed by atoms with Crippen LogP contribution >= 0.6 is 0 Å². The zero-order valence-corrected chi connectivity index (χ0v) is 37.6. The van der Waals surface area contributed by atoms with E-state index < -0.39 is 257 Å². The monoisotopic (exact) mass is 1280 g/mol. The molecule has 0 aromatic heterocycles. The molecule has 0 saturated carbocycles. The number of carbonyl (C=O) groups excluding carboxylic acids is 1. The third kappa shape index (κ3) is 11.2. The van der Waals surface area contributed by atoms with Crippen LogP contribution in [0.4, 0.5) is 158 Å². The van der Waals surface area contributed by atoms with E-state index in [0.717, 1.165) is 0 Å². The van der Waals surface area contributed by atoms with Crippen LogP contribution in [-0.2, 0) is 9.84 Å². The normalized spacial score (nSPS) is 11.3. The number of benzene rings is 7. The van der Waals surface area contributed by atoms with Crippen molar-refractivity contribution in [3.8, 4) is 11.1 Å². The molecule has 3 nitrogen and oxygen atoms in total. The predicted molar refractivity (Wildman–Crippen MR) is 191 cm³/mol. The number of ketones is 1. The van der Waals surface area contributed by atoms with Crippen LogP contribution in [0.2, 0.25) is 0 Å². The molecule has 0 aliphatic heterocycles. The van der Waals surface area contributed by atoms with Gasteiger partial charge in [-0.2, -0.15) is 0 Å². The first-order valence-electron chi connectivity index (χ1n) is 19.0. The van der Waals surface area contributed by atoms with E-state index in [9.17, 15) is 171 Å². The maximum Gasteiger partial charge on any atom is 0.218 e. The minimum atomic E-state index is -6.38. The zero-order valence-electron chi connectivity index (χ0n) is 36.7. The minimum absolute atomic E-state index is 2.26. The first kappa shape index (κ1) is 67.1. The van der Waals surface area contributed by atoms with Crippen LogP contribution in [0.15, 0.2) is 9.79 Å². The summed E-state index contributed by atoms with van der Waals surface area (Å²) in [5, 5.41) is 0. The molecule has 0 atom stereocenters. The number of halogens is 36. The van der Waals surface area contributed by atoms with E-state index in [1.165, 1.54) is 0 Å². The SMILES string of the molecule is Fc1c(F)c(F)c(-c2c(F)c(F)c(F)c(F)c2F)c(F)c1F.Fc1c(F)c(F)c(F)c(F)c1F.O=C(c1c(F)c(F)c(F)c(F)c1F)c1c(F)c(F)c(F)c(F)c1F.O=S(=O)(c1c(F)c(F)c(F)c(F)c1F)c1c(F)c(F)c(F)c(F)c1F. The molecule has 40 heteroatoms. The maximum atomic E-state index is 13.5. The number of hydrogen-bond donors (Lipinski definition) is 0. The van der Waals surface area contributed by atoms with Gasteiger partial charge in [-0.3, -0.25) is 4.79 Å². The van der Waals surface area contributed by atoms with Gasteiger partial charge in [-0.1, -0.05) is 0 Å². The van der Waals surface area contributed by atoms with Gasteiger partial charge in [0.15, 0.2) is 140 Å². The highest BCUT2D eigenvalue weighted by molar-refractivity contribution is 7.91. The van der Waals surface area contributed by atoms with Gasteiger partial charge in [0.1, 0.15) is 20.9 Å². The Balaban J connectivity index is 0.000000244. The largest absolute Gasteiger partial charge is 0.288 e. The molecule has 0 fully saturated rings. The van der Waals surface area contributed by atoms with Gasteiger partial charge in [-0.25, -0.2) is 166 Å². The van der Waals surface area contributed by atoms with Crippen molar-refractivity contribution in [2.24, 2.45) is 0 Å². The standard InChI is InChI=1S/C13F10O.C12F10O2S.C12F10.C6F6/c14-3-1(4(15)8(19)11(22)7(3)18)13(24)2-5(16)9(20)12(23)10(21)6(2)17;13-1-3(15)7(19)11(8(20)4(1)16)25(23,24)12-9(21)5(17)2(14)6(18)10(12)22;13-3-1(4(14)8(18)11(21)7(3)17)2-5(15)9(19)12(22)10(20)6(2)16;7-1-2(8)4(10)6(12)5(11)3(1)9. The molecule has 448 valence electrons. The quantitative estimate of drug-likeness (QED) is 0.0567. The molecule has 7 aromatic rings. The van der Waals surface area contributed by atoms with Crippen molar-refractivity contribution in [2.45, 2.75) is 9.79 Å². The van der Waals surface area contributed by atoms with Gasteiger partial charge in [-0.05, 0) is 0 Å². The number of sulfone groups is 1. The van der Waals surface area contributed by atoms with E-state index in [1.54, 1.807) is 0 Å². The minimum Gasteiger partial charge on any atom is -0.288 e.